The lowest BCUT2D eigenvalue weighted by atomic mass is 10.2. The predicted octanol–water partition coefficient (Wildman–Crippen LogP) is 2.76. The van der Waals surface area contributed by atoms with Crippen molar-refractivity contribution in [3.8, 4) is 0 Å². The topological polar surface area (TPSA) is 72.5 Å². The third-order valence-corrected chi connectivity index (χ3v) is 3.88. The largest absolute Gasteiger partial charge is 0.382 e. The number of rotatable bonds is 9. The van der Waals surface area contributed by atoms with Gasteiger partial charge in [-0.2, -0.15) is 0 Å². The van der Waals surface area contributed by atoms with Crippen molar-refractivity contribution < 1.29 is 4.74 Å². The van der Waals surface area contributed by atoms with Gasteiger partial charge in [0, 0.05) is 44.0 Å². The van der Waals surface area contributed by atoms with Gasteiger partial charge in [-0.25, -0.2) is 4.98 Å². The van der Waals surface area contributed by atoms with E-state index in [0.717, 1.165) is 38.3 Å². The minimum Gasteiger partial charge on any atom is -0.382 e. The number of hydrogen-bond acceptors (Lipinski definition) is 4. The van der Waals surface area contributed by atoms with Gasteiger partial charge in [-0.05, 0) is 13.3 Å². The van der Waals surface area contributed by atoms with E-state index in [-0.39, 0.29) is 24.0 Å². The van der Waals surface area contributed by atoms with Gasteiger partial charge in [0.25, 0.3) is 0 Å². The minimum atomic E-state index is 0. The summed E-state index contributed by atoms with van der Waals surface area (Å²) < 4.78 is 5.24. The zero-order valence-corrected chi connectivity index (χ0v) is 16.2. The number of ether oxygens (including phenoxy) is 1. The van der Waals surface area contributed by atoms with E-state index in [1.807, 2.05) is 6.92 Å². The highest BCUT2D eigenvalue weighted by atomic mass is 127. The zero-order chi connectivity index (χ0) is 14.8. The molecule has 0 bridgehead atoms. The van der Waals surface area contributed by atoms with E-state index >= 15 is 0 Å². The maximum Gasteiger partial charge on any atom is 0.188 e. The fraction of sp³-hybridized carbons (Fsp3) is 0.714. The second-order valence-electron chi connectivity index (χ2n) is 4.83. The van der Waals surface area contributed by atoms with Crippen LogP contribution >= 0.6 is 35.3 Å². The van der Waals surface area contributed by atoms with Crippen LogP contribution in [0.5, 0.6) is 0 Å². The van der Waals surface area contributed by atoms with Gasteiger partial charge in [0.1, 0.15) is 0 Å². The molecule has 0 aromatic carbocycles. The lowest BCUT2D eigenvalue weighted by molar-refractivity contribution is 0.146. The van der Waals surface area contributed by atoms with Crippen molar-refractivity contribution in [1.82, 2.24) is 10.3 Å². The van der Waals surface area contributed by atoms with E-state index in [2.05, 4.69) is 34.5 Å². The van der Waals surface area contributed by atoms with Crippen LogP contribution in [0.2, 0.25) is 0 Å². The molecule has 1 aromatic rings. The summed E-state index contributed by atoms with van der Waals surface area (Å²) in [5, 5.41) is 6.42. The van der Waals surface area contributed by atoms with Crippen molar-refractivity contribution >= 4 is 41.3 Å². The van der Waals surface area contributed by atoms with Gasteiger partial charge in [0.15, 0.2) is 5.96 Å². The van der Waals surface area contributed by atoms with E-state index in [1.54, 1.807) is 11.3 Å². The molecule has 1 aromatic heterocycles. The molecule has 0 spiro atoms. The maximum absolute atomic E-state index is 5.79. The van der Waals surface area contributed by atoms with Gasteiger partial charge >= 0.3 is 0 Å². The van der Waals surface area contributed by atoms with Crippen molar-refractivity contribution in [2.45, 2.75) is 39.5 Å². The molecule has 0 atom stereocenters. The first-order valence-electron chi connectivity index (χ1n) is 7.19. The second kappa shape index (κ2) is 12.2. The summed E-state index contributed by atoms with van der Waals surface area (Å²) in [6, 6.07) is 0. The van der Waals surface area contributed by atoms with E-state index in [0.29, 0.717) is 18.4 Å². The molecule has 0 saturated heterocycles. The predicted molar refractivity (Wildman–Crippen MR) is 101 cm³/mol. The standard InChI is InChI=1S/C14H26N4OS.HI/c1-4-19-9-5-7-16-14(15)17-8-6-12-10-20-13(18-12)11(2)3;/h10-11H,4-9H2,1-3H3,(H3,15,16,17);1H. The zero-order valence-electron chi connectivity index (χ0n) is 13.1. The Kier molecular flexibility index (Phi) is 11.9. The number of nitrogens with two attached hydrogens (primary N) is 1. The summed E-state index contributed by atoms with van der Waals surface area (Å²) in [6.45, 7) is 9.27. The number of aromatic nitrogens is 1. The number of hydrogen-bond donors (Lipinski definition) is 2. The molecule has 0 saturated carbocycles. The molecule has 3 N–H and O–H groups in total. The average molecular weight is 426 g/mol. The molecular weight excluding hydrogens is 399 g/mol. The van der Waals surface area contributed by atoms with Gasteiger partial charge in [0.2, 0.25) is 0 Å². The van der Waals surface area contributed by atoms with Crippen molar-refractivity contribution in [3.63, 3.8) is 0 Å². The lowest BCUT2D eigenvalue weighted by Gasteiger charge is -2.04. The smallest absolute Gasteiger partial charge is 0.188 e. The van der Waals surface area contributed by atoms with Crippen molar-refractivity contribution in [2.24, 2.45) is 10.7 Å². The Morgan fingerprint density at radius 2 is 2.29 bits per heavy atom. The Morgan fingerprint density at radius 3 is 2.90 bits per heavy atom. The van der Waals surface area contributed by atoms with Crippen molar-refractivity contribution in [3.05, 3.63) is 16.1 Å². The molecule has 0 aliphatic rings. The summed E-state index contributed by atoms with van der Waals surface area (Å²) in [4.78, 5) is 8.83. The highest BCUT2D eigenvalue weighted by Crippen LogP contribution is 2.19. The monoisotopic (exact) mass is 426 g/mol. The molecule has 21 heavy (non-hydrogen) atoms. The number of nitrogens with zero attached hydrogens (tertiary/aromatic N) is 2. The second-order valence-corrected chi connectivity index (χ2v) is 5.72. The number of thiazole rings is 1. The van der Waals surface area contributed by atoms with Crippen LogP contribution in [0.25, 0.3) is 0 Å². The number of nitrogens with one attached hydrogen (secondary N) is 1. The van der Waals surface area contributed by atoms with Gasteiger partial charge in [-0.15, -0.1) is 35.3 Å². The van der Waals surface area contributed by atoms with Crippen LogP contribution < -0.4 is 11.1 Å². The first kappa shape index (κ1) is 20.6. The van der Waals surface area contributed by atoms with Gasteiger partial charge in [-0.1, -0.05) is 13.8 Å². The van der Waals surface area contributed by atoms with Gasteiger partial charge in [-0.3, -0.25) is 4.99 Å². The summed E-state index contributed by atoms with van der Waals surface area (Å²) in [7, 11) is 0. The van der Waals surface area contributed by atoms with Crippen LogP contribution in [0, 0.1) is 0 Å². The van der Waals surface area contributed by atoms with Crippen LogP contribution in [-0.2, 0) is 11.2 Å². The van der Waals surface area contributed by atoms with Crippen LogP contribution in [0.15, 0.2) is 10.4 Å². The van der Waals surface area contributed by atoms with E-state index in [4.69, 9.17) is 10.5 Å². The maximum atomic E-state index is 5.79. The van der Waals surface area contributed by atoms with Crippen molar-refractivity contribution in [2.75, 3.05) is 26.3 Å². The third-order valence-electron chi connectivity index (χ3n) is 2.68. The molecule has 0 fully saturated rings. The summed E-state index contributed by atoms with van der Waals surface area (Å²) in [5.74, 6) is 1.000. The fourth-order valence-electron chi connectivity index (χ4n) is 1.59. The molecule has 1 rings (SSSR count). The molecular formula is C14H27IN4OS. The van der Waals surface area contributed by atoms with Crippen LogP contribution in [0.1, 0.15) is 43.8 Å². The molecule has 1 heterocycles. The normalized spacial score (nSPS) is 11.5. The molecule has 122 valence electrons. The lowest BCUT2D eigenvalue weighted by Crippen LogP contribution is -2.33. The first-order chi connectivity index (χ1) is 9.63. The van der Waals surface area contributed by atoms with Crippen molar-refractivity contribution in [1.29, 1.82) is 0 Å². The highest BCUT2D eigenvalue weighted by molar-refractivity contribution is 14.0. The number of aliphatic imine (C=N–C) groups is 1. The molecule has 5 nitrogen and oxygen atoms in total. The molecule has 0 aliphatic heterocycles. The molecule has 0 amide bonds. The Balaban J connectivity index is 0.00000400. The van der Waals surface area contributed by atoms with Crippen LogP contribution in [0.3, 0.4) is 0 Å². The van der Waals surface area contributed by atoms with Crippen LogP contribution in [0.4, 0.5) is 0 Å². The average Bonchev–Trinajstić information content (AvgIpc) is 2.87. The third kappa shape index (κ3) is 9.26. The van der Waals surface area contributed by atoms with Crippen LogP contribution in [-0.4, -0.2) is 37.2 Å². The summed E-state index contributed by atoms with van der Waals surface area (Å²) in [6.07, 6.45) is 1.78. The molecule has 0 aliphatic carbocycles. The Labute approximate surface area is 148 Å². The summed E-state index contributed by atoms with van der Waals surface area (Å²) in [5.41, 5.74) is 6.91. The quantitative estimate of drug-likeness (QED) is 0.276. The van der Waals surface area contributed by atoms with Gasteiger partial charge < -0.3 is 15.8 Å². The van der Waals surface area contributed by atoms with E-state index in [1.165, 1.54) is 5.01 Å². The first-order valence-corrected chi connectivity index (χ1v) is 8.07. The fourth-order valence-corrected chi connectivity index (χ4v) is 2.46. The Morgan fingerprint density at radius 1 is 1.52 bits per heavy atom. The molecule has 0 radical (unpaired) electrons. The van der Waals surface area contributed by atoms with Gasteiger partial charge in [0.05, 0.1) is 10.7 Å². The highest BCUT2D eigenvalue weighted by Gasteiger charge is 2.05. The SMILES string of the molecule is CCOCCCN=C(N)NCCc1csc(C(C)C)n1.I. The molecule has 0 unspecified atom stereocenters. The van der Waals surface area contributed by atoms with E-state index in [9.17, 15) is 0 Å². The Hall–Kier alpha value is -0.410. The summed E-state index contributed by atoms with van der Waals surface area (Å²) >= 11 is 1.72. The molecule has 7 heteroatoms. The Bertz CT molecular complexity index is 409. The number of halogens is 1. The minimum absolute atomic E-state index is 0. The number of guanidine groups is 1. The van der Waals surface area contributed by atoms with E-state index < -0.39 is 0 Å².